The number of amides is 1. The number of sulfonamides is 1. The van der Waals surface area contributed by atoms with Crippen LogP contribution in [0.15, 0.2) is 47.5 Å². The van der Waals surface area contributed by atoms with Gasteiger partial charge in [0.1, 0.15) is 11.4 Å². The highest BCUT2D eigenvalue weighted by molar-refractivity contribution is 7.90. The summed E-state index contributed by atoms with van der Waals surface area (Å²) in [6.45, 7) is 2.34. The van der Waals surface area contributed by atoms with Gasteiger partial charge in [0.15, 0.2) is 0 Å². The number of fused-ring (bicyclic) bond motifs is 1. The zero-order valence-corrected chi connectivity index (χ0v) is 16.5. The van der Waals surface area contributed by atoms with Crippen molar-refractivity contribution in [3.05, 3.63) is 53.9 Å². The standard InChI is InChI=1S/C20H21N3O4S/c1-3-27-17-10-11-18(15-7-5-4-6-14(15)17)28(25,26)22-20(24)19-16(13-8-9-13)12-21-23(19)2/h4-7,10-13H,3,8-9H2,1-2H3,(H,22,24). The Balaban J connectivity index is 1.73. The van der Waals surface area contributed by atoms with E-state index in [1.54, 1.807) is 37.5 Å². The molecule has 28 heavy (non-hydrogen) atoms. The summed E-state index contributed by atoms with van der Waals surface area (Å²) in [5.74, 6) is 0.217. The third-order valence-corrected chi connectivity index (χ3v) is 6.25. The number of hydrogen-bond acceptors (Lipinski definition) is 5. The fourth-order valence-electron chi connectivity index (χ4n) is 3.41. The molecule has 1 N–H and O–H groups in total. The molecule has 2 aromatic carbocycles. The first kappa shape index (κ1) is 18.5. The van der Waals surface area contributed by atoms with Crippen LogP contribution in [-0.4, -0.2) is 30.7 Å². The van der Waals surface area contributed by atoms with Crippen molar-refractivity contribution >= 4 is 26.7 Å². The van der Waals surface area contributed by atoms with Gasteiger partial charge in [0.2, 0.25) is 0 Å². The molecule has 8 heteroatoms. The molecule has 3 aromatic rings. The van der Waals surface area contributed by atoms with E-state index in [0.29, 0.717) is 28.8 Å². The van der Waals surface area contributed by atoms with Crippen LogP contribution in [0.4, 0.5) is 0 Å². The van der Waals surface area contributed by atoms with Gasteiger partial charge in [0.25, 0.3) is 15.9 Å². The van der Waals surface area contributed by atoms with Crippen LogP contribution in [0, 0.1) is 0 Å². The molecule has 0 spiro atoms. The Labute approximate surface area is 163 Å². The zero-order chi connectivity index (χ0) is 19.9. The van der Waals surface area contributed by atoms with Gasteiger partial charge in [-0.05, 0) is 37.8 Å². The van der Waals surface area contributed by atoms with Crippen LogP contribution in [0.5, 0.6) is 5.75 Å². The highest BCUT2D eigenvalue weighted by Gasteiger charge is 2.32. The topological polar surface area (TPSA) is 90.3 Å². The summed E-state index contributed by atoms with van der Waals surface area (Å²) in [5, 5.41) is 5.31. The first-order valence-electron chi connectivity index (χ1n) is 9.16. The van der Waals surface area contributed by atoms with Crippen LogP contribution < -0.4 is 9.46 Å². The smallest absolute Gasteiger partial charge is 0.283 e. The first-order valence-corrected chi connectivity index (χ1v) is 10.6. The molecule has 1 saturated carbocycles. The summed E-state index contributed by atoms with van der Waals surface area (Å²) >= 11 is 0. The lowest BCUT2D eigenvalue weighted by Gasteiger charge is -2.13. The molecule has 1 heterocycles. The van der Waals surface area contributed by atoms with Crippen molar-refractivity contribution in [2.24, 2.45) is 7.05 Å². The van der Waals surface area contributed by atoms with Crippen LogP contribution in [0.3, 0.4) is 0 Å². The number of hydrogen-bond donors (Lipinski definition) is 1. The molecule has 1 aliphatic carbocycles. The number of ether oxygens (including phenoxy) is 1. The Hall–Kier alpha value is -2.87. The SMILES string of the molecule is CCOc1ccc(S(=O)(=O)NC(=O)c2c(C3CC3)cnn2C)c2ccccc12. The quantitative estimate of drug-likeness (QED) is 0.688. The third kappa shape index (κ3) is 3.24. The van der Waals surface area contributed by atoms with Gasteiger partial charge in [-0.25, -0.2) is 13.1 Å². The average molecular weight is 399 g/mol. The maximum Gasteiger partial charge on any atom is 0.283 e. The summed E-state index contributed by atoms with van der Waals surface area (Å²) in [5.41, 5.74) is 1.09. The Morgan fingerprint density at radius 3 is 2.61 bits per heavy atom. The summed E-state index contributed by atoms with van der Waals surface area (Å²) in [6, 6.07) is 10.2. The van der Waals surface area contributed by atoms with Crippen molar-refractivity contribution in [3.63, 3.8) is 0 Å². The highest BCUT2D eigenvalue weighted by Crippen LogP contribution is 2.41. The Kier molecular flexibility index (Phi) is 4.58. The molecular weight excluding hydrogens is 378 g/mol. The summed E-state index contributed by atoms with van der Waals surface area (Å²) in [6.07, 6.45) is 3.62. The molecule has 0 saturated heterocycles. The first-order chi connectivity index (χ1) is 13.4. The molecular formula is C20H21N3O4S. The van der Waals surface area contributed by atoms with E-state index in [-0.39, 0.29) is 10.8 Å². The van der Waals surface area contributed by atoms with Crippen molar-refractivity contribution in [2.45, 2.75) is 30.6 Å². The molecule has 0 radical (unpaired) electrons. The number of carbonyl (C=O) groups excluding carboxylic acids is 1. The number of rotatable bonds is 6. The van der Waals surface area contributed by atoms with Gasteiger partial charge in [0, 0.05) is 23.4 Å². The maximum atomic E-state index is 13.0. The summed E-state index contributed by atoms with van der Waals surface area (Å²) in [4.78, 5) is 12.8. The van der Waals surface area contributed by atoms with Gasteiger partial charge >= 0.3 is 0 Å². The molecule has 0 atom stereocenters. The highest BCUT2D eigenvalue weighted by atomic mass is 32.2. The fourth-order valence-corrected chi connectivity index (χ4v) is 4.58. The second-order valence-electron chi connectivity index (χ2n) is 6.82. The summed E-state index contributed by atoms with van der Waals surface area (Å²) < 4.78 is 35.3. The predicted octanol–water partition coefficient (Wildman–Crippen LogP) is 2.97. The largest absolute Gasteiger partial charge is 0.493 e. The van der Waals surface area contributed by atoms with Crippen molar-refractivity contribution in [2.75, 3.05) is 6.61 Å². The van der Waals surface area contributed by atoms with Gasteiger partial charge in [-0.1, -0.05) is 24.3 Å². The predicted molar refractivity (Wildman–Crippen MR) is 105 cm³/mol. The van der Waals surface area contributed by atoms with Gasteiger partial charge in [-0.15, -0.1) is 0 Å². The Morgan fingerprint density at radius 2 is 1.93 bits per heavy atom. The number of nitrogens with one attached hydrogen (secondary N) is 1. The molecule has 7 nitrogen and oxygen atoms in total. The number of benzene rings is 2. The number of aromatic nitrogens is 2. The normalized spacial score (nSPS) is 14.2. The molecule has 4 rings (SSSR count). The van der Waals surface area contributed by atoms with Crippen molar-refractivity contribution in [3.8, 4) is 5.75 Å². The van der Waals surface area contributed by atoms with Gasteiger partial charge in [0.05, 0.1) is 17.7 Å². The van der Waals surface area contributed by atoms with E-state index < -0.39 is 15.9 Å². The second kappa shape index (κ2) is 6.94. The zero-order valence-electron chi connectivity index (χ0n) is 15.7. The Bertz CT molecular complexity index is 1160. The van der Waals surface area contributed by atoms with E-state index in [9.17, 15) is 13.2 Å². The van der Waals surface area contributed by atoms with Crippen molar-refractivity contribution in [1.29, 1.82) is 0 Å². The van der Waals surface area contributed by atoms with E-state index in [4.69, 9.17) is 4.74 Å². The molecule has 0 unspecified atom stereocenters. The lowest BCUT2D eigenvalue weighted by molar-refractivity contribution is 0.0971. The van der Waals surface area contributed by atoms with Crippen molar-refractivity contribution in [1.82, 2.24) is 14.5 Å². The molecule has 0 bridgehead atoms. The van der Waals surface area contributed by atoms with E-state index >= 15 is 0 Å². The van der Waals surface area contributed by atoms with Crippen LogP contribution in [0.1, 0.15) is 41.7 Å². The van der Waals surface area contributed by atoms with Crippen molar-refractivity contribution < 1.29 is 17.9 Å². The minimum atomic E-state index is -4.08. The Morgan fingerprint density at radius 1 is 1.21 bits per heavy atom. The van der Waals surface area contributed by atoms with Gasteiger partial charge < -0.3 is 4.74 Å². The maximum absolute atomic E-state index is 13.0. The molecule has 1 aromatic heterocycles. The van der Waals surface area contributed by atoms with Gasteiger partial charge in [-0.2, -0.15) is 5.10 Å². The van der Waals surface area contributed by atoms with E-state index in [0.717, 1.165) is 18.4 Å². The van der Waals surface area contributed by atoms with Crippen LogP contribution in [0.25, 0.3) is 10.8 Å². The van der Waals surface area contributed by atoms with Crippen LogP contribution in [-0.2, 0) is 17.1 Å². The lowest BCUT2D eigenvalue weighted by atomic mass is 10.1. The third-order valence-electron chi connectivity index (χ3n) is 4.86. The van der Waals surface area contributed by atoms with Crippen LogP contribution >= 0.6 is 0 Å². The molecule has 0 aliphatic heterocycles. The van der Waals surface area contributed by atoms with E-state index in [1.165, 1.54) is 10.7 Å². The second-order valence-corrected chi connectivity index (χ2v) is 8.47. The van der Waals surface area contributed by atoms with E-state index in [1.807, 2.05) is 13.0 Å². The minimum Gasteiger partial charge on any atom is -0.493 e. The molecule has 1 fully saturated rings. The minimum absolute atomic E-state index is 0.0371. The average Bonchev–Trinajstić information content (AvgIpc) is 3.43. The molecule has 1 aliphatic rings. The number of carbonyl (C=O) groups is 1. The van der Waals surface area contributed by atoms with Gasteiger partial charge in [-0.3, -0.25) is 9.48 Å². The fraction of sp³-hybridized carbons (Fsp3) is 0.300. The molecule has 1 amide bonds. The lowest BCUT2D eigenvalue weighted by Crippen LogP contribution is -2.32. The molecule has 146 valence electrons. The number of aryl methyl sites for hydroxylation is 1. The monoisotopic (exact) mass is 399 g/mol. The summed E-state index contributed by atoms with van der Waals surface area (Å²) in [7, 11) is -2.44. The van der Waals surface area contributed by atoms with E-state index in [2.05, 4.69) is 9.82 Å². The number of nitrogens with zero attached hydrogens (tertiary/aromatic N) is 2. The van der Waals surface area contributed by atoms with Crippen LogP contribution in [0.2, 0.25) is 0 Å².